The largest absolute Gasteiger partial charge is 0.394 e. The Labute approximate surface area is 559 Å². The molecule has 0 saturated carbocycles. The number of ether oxygens (including phenoxy) is 2. The highest BCUT2D eigenvalue weighted by molar-refractivity contribution is 5.76. The summed E-state index contributed by atoms with van der Waals surface area (Å²) in [5.41, 5.74) is 0. The van der Waals surface area contributed by atoms with Gasteiger partial charge >= 0.3 is 0 Å². The Morgan fingerprint density at radius 3 is 0.933 bits per heavy atom. The van der Waals surface area contributed by atoms with E-state index in [0.29, 0.717) is 6.42 Å². The maximum absolute atomic E-state index is 13.2. The Morgan fingerprint density at radius 1 is 0.367 bits per heavy atom. The summed E-state index contributed by atoms with van der Waals surface area (Å²) < 4.78 is 11.3. The Hall–Kier alpha value is -1.33. The van der Waals surface area contributed by atoms with Crippen LogP contribution >= 0.6 is 0 Å². The summed E-state index contributed by atoms with van der Waals surface area (Å²) in [5.74, 6) is -0.176. The van der Waals surface area contributed by atoms with Crippen LogP contribution in [0.15, 0.2) is 24.3 Å². The fraction of sp³-hybridized carbons (Fsp3) is 0.938. The van der Waals surface area contributed by atoms with Gasteiger partial charge in [-0.25, -0.2) is 0 Å². The van der Waals surface area contributed by atoms with E-state index in [2.05, 4.69) is 31.3 Å². The van der Waals surface area contributed by atoms with Crippen LogP contribution in [0.5, 0.6) is 0 Å². The molecule has 0 aromatic heterocycles. The van der Waals surface area contributed by atoms with Crippen LogP contribution < -0.4 is 5.32 Å². The highest BCUT2D eigenvalue weighted by Crippen LogP contribution is 2.24. The molecule has 0 bridgehead atoms. The Kier molecular flexibility index (Phi) is 67.9. The molecule has 7 unspecified atom stereocenters. The summed E-state index contributed by atoms with van der Waals surface area (Å²) in [5, 5.41) is 54.8. The summed E-state index contributed by atoms with van der Waals surface area (Å²) in [6.07, 6.45) is 87.8. The number of unbranched alkanes of at least 4 members (excludes halogenated alkanes) is 61. The van der Waals surface area contributed by atoms with Crippen molar-refractivity contribution in [1.29, 1.82) is 0 Å². The second-order valence-electron chi connectivity index (χ2n) is 28.6. The van der Waals surface area contributed by atoms with Crippen molar-refractivity contribution in [2.75, 3.05) is 13.2 Å². The van der Waals surface area contributed by atoms with Crippen molar-refractivity contribution in [1.82, 2.24) is 5.32 Å². The van der Waals surface area contributed by atoms with Gasteiger partial charge in [-0.2, -0.15) is 0 Å². The van der Waals surface area contributed by atoms with Crippen LogP contribution in [0.4, 0.5) is 0 Å². The number of hydrogen-bond acceptors (Lipinski definition) is 8. The molecule has 0 radical (unpaired) electrons. The summed E-state index contributed by atoms with van der Waals surface area (Å²) in [6.45, 7) is 3.84. The van der Waals surface area contributed by atoms with Crippen molar-refractivity contribution in [3.8, 4) is 0 Å². The lowest BCUT2D eigenvalue weighted by Crippen LogP contribution is -2.60. The number of aliphatic hydroxyl groups is 5. The summed E-state index contributed by atoms with van der Waals surface area (Å²) in [7, 11) is 0. The van der Waals surface area contributed by atoms with E-state index in [9.17, 15) is 30.3 Å². The van der Waals surface area contributed by atoms with E-state index < -0.39 is 49.5 Å². The second kappa shape index (κ2) is 70.5. The number of rotatable bonds is 73. The van der Waals surface area contributed by atoms with Gasteiger partial charge < -0.3 is 40.3 Å². The van der Waals surface area contributed by atoms with E-state index in [0.717, 1.165) is 38.5 Å². The van der Waals surface area contributed by atoms with Gasteiger partial charge in [-0.05, 0) is 32.1 Å². The van der Waals surface area contributed by atoms with Crippen LogP contribution in [0.25, 0.3) is 0 Å². The molecule has 534 valence electrons. The summed E-state index contributed by atoms with van der Waals surface area (Å²) in [6, 6.07) is -0.821. The quantitative estimate of drug-likeness (QED) is 0.0261. The van der Waals surface area contributed by atoms with E-state index in [-0.39, 0.29) is 12.5 Å². The van der Waals surface area contributed by atoms with Crippen LogP contribution in [-0.4, -0.2) is 87.5 Å². The van der Waals surface area contributed by atoms with Gasteiger partial charge in [0.25, 0.3) is 0 Å². The molecule has 90 heavy (non-hydrogen) atoms. The van der Waals surface area contributed by atoms with Gasteiger partial charge in [0.1, 0.15) is 24.4 Å². The zero-order valence-corrected chi connectivity index (χ0v) is 60.2. The minimum Gasteiger partial charge on any atom is -0.394 e. The van der Waals surface area contributed by atoms with Gasteiger partial charge in [-0.1, -0.05) is 417 Å². The second-order valence-corrected chi connectivity index (χ2v) is 28.6. The monoisotopic (exact) mass is 1270 g/mol. The van der Waals surface area contributed by atoms with E-state index in [4.69, 9.17) is 9.47 Å². The topological polar surface area (TPSA) is 149 Å². The number of allylic oxidation sites excluding steroid dienone is 3. The van der Waals surface area contributed by atoms with E-state index in [1.165, 1.54) is 372 Å². The number of carbonyl (C=O) groups is 1. The molecule has 0 aromatic rings. The molecule has 9 nitrogen and oxygen atoms in total. The first-order valence-electron chi connectivity index (χ1n) is 40.6. The number of nitrogens with one attached hydrogen (secondary N) is 1. The zero-order chi connectivity index (χ0) is 64.9. The minimum atomic E-state index is -1.57. The fourth-order valence-electron chi connectivity index (χ4n) is 13.5. The van der Waals surface area contributed by atoms with Gasteiger partial charge in [0.05, 0.1) is 25.4 Å². The standard InChI is InChI=1S/C81H157NO8/c1-3-5-7-9-11-13-15-17-19-21-23-25-27-29-31-32-33-34-35-36-37-38-39-40-41-42-43-44-45-47-49-51-53-55-57-59-61-63-65-67-69-71-77(85)82-74(73-89-81-80(88)79(87)78(86)76(72-83)90-81)75(84)70-68-66-64-62-60-58-56-54-52-50-48-46-30-28-26-24-22-20-18-16-14-12-10-8-6-4-2/h60,62,68,70,74-76,78-81,83-84,86-88H,3-59,61,63-67,69,71-73H2,1-2H3,(H,82,85)/b62-60+,70-68+. The first-order chi connectivity index (χ1) is 44.3. The average Bonchev–Trinajstić information content (AvgIpc) is 1.72. The molecule has 1 heterocycles. The van der Waals surface area contributed by atoms with Crippen molar-refractivity contribution >= 4 is 5.91 Å². The average molecular weight is 1270 g/mol. The summed E-state index contributed by atoms with van der Waals surface area (Å²) >= 11 is 0. The van der Waals surface area contributed by atoms with Crippen LogP contribution in [0.1, 0.15) is 431 Å². The molecule has 1 aliphatic rings. The van der Waals surface area contributed by atoms with Gasteiger partial charge in [0, 0.05) is 6.42 Å². The molecular weight excluding hydrogens is 1110 g/mol. The van der Waals surface area contributed by atoms with E-state index in [1.807, 2.05) is 6.08 Å². The molecule has 1 fully saturated rings. The normalized spacial score (nSPS) is 17.8. The smallest absolute Gasteiger partial charge is 0.220 e. The molecule has 1 aliphatic heterocycles. The van der Waals surface area contributed by atoms with Crippen molar-refractivity contribution in [2.24, 2.45) is 0 Å². The lowest BCUT2D eigenvalue weighted by molar-refractivity contribution is -0.302. The third-order valence-corrected chi connectivity index (χ3v) is 19.8. The highest BCUT2D eigenvalue weighted by Gasteiger charge is 2.44. The Morgan fingerprint density at radius 2 is 0.633 bits per heavy atom. The van der Waals surface area contributed by atoms with E-state index >= 15 is 0 Å². The van der Waals surface area contributed by atoms with Gasteiger partial charge in [0.15, 0.2) is 6.29 Å². The minimum absolute atomic E-state index is 0.176. The highest BCUT2D eigenvalue weighted by atomic mass is 16.7. The molecular formula is C81H157NO8. The maximum atomic E-state index is 13.2. The van der Waals surface area contributed by atoms with Crippen LogP contribution in [0, 0.1) is 0 Å². The fourth-order valence-corrected chi connectivity index (χ4v) is 13.5. The molecule has 1 amide bonds. The third kappa shape index (κ3) is 58.1. The number of amides is 1. The first-order valence-corrected chi connectivity index (χ1v) is 40.6. The number of hydrogen-bond donors (Lipinski definition) is 6. The van der Waals surface area contributed by atoms with Crippen molar-refractivity contribution < 1.29 is 39.8 Å². The van der Waals surface area contributed by atoms with Gasteiger partial charge in [-0.3, -0.25) is 4.79 Å². The zero-order valence-electron chi connectivity index (χ0n) is 60.2. The SMILES string of the molecule is CCCCCCCCCCCCCCCCCCCCCC/C=C/CC/C=C/C(O)C(COC1OC(CO)C(O)C(O)C1O)NC(=O)CCCCCCCCCCCCCCCCCCCCCCCCCCCCCCCCCCCCCCCCCCC. The molecule has 1 saturated heterocycles. The molecule has 0 spiro atoms. The van der Waals surface area contributed by atoms with Crippen molar-refractivity contribution in [2.45, 2.75) is 474 Å². The third-order valence-electron chi connectivity index (χ3n) is 19.8. The van der Waals surface area contributed by atoms with Crippen LogP contribution in [0.2, 0.25) is 0 Å². The number of carbonyl (C=O) groups excluding carboxylic acids is 1. The van der Waals surface area contributed by atoms with Gasteiger partial charge in [-0.15, -0.1) is 0 Å². The van der Waals surface area contributed by atoms with Crippen molar-refractivity contribution in [3.63, 3.8) is 0 Å². The van der Waals surface area contributed by atoms with Crippen LogP contribution in [-0.2, 0) is 14.3 Å². The Bertz CT molecular complexity index is 1480. The molecule has 7 atom stereocenters. The molecule has 6 N–H and O–H groups in total. The number of aliphatic hydroxyl groups excluding tert-OH is 5. The predicted molar refractivity (Wildman–Crippen MR) is 387 cm³/mol. The molecule has 0 aromatic carbocycles. The predicted octanol–water partition coefficient (Wildman–Crippen LogP) is 23.2. The van der Waals surface area contributed by atoms with Gasteiger partial charge in [0.2, 0.25) is 5.91 Å². The molecule has 1 rings (SSSR count). The molecule has 9 heteroatoms. The first kappa shape index (κ1) is 86.7. The summed E-state index contributed by atoms with van der Waals surface area (Å²) in [4.78, 5) is 13.2. The maximum Gasteiger partial charge on any atom is 0.220 e. The molecule has 0 aliphatic carbocycles. The van der Waals surface area contributed by atoms with E-state index in [1.54, 1.807) is 6.08 Å². The Balaban J connectivity index is 2.03. The van der Waals surface area contributed by atoms with Crippen molar-refractivity contribution in [3.05, 3.63) is 24.3 Å². The lowest BCUT2D eigenvalue weighted by atomic mass is 9.99. The lowest BCUT2D eigenvalue weighted by Gasteiger charge is -2.40. The van der Waals surface area contributed by atoms with Crippen LogP contribution in [0.3, 0.4) is 0 Å².